The number of hydrogen-bond acceptors (Lipinski definition) is 4. The zero-order valence-corrected chi connectivity index (χ0v) is 15.2. The van der Waals surface area contributed by atoms with E-state index in [0.717, 1.165) is 10.0 Å². The summed E-state index contributed by atoms with van der Waals surface area (Å²) in [4.78, 5) is 12.1. The molecule has 2 aromatic carbocycles. The summed E-state index contributed by atoms with van der Waals surface area (Å²) in [5.74, 6) is 1.16. The Morgan fingerprint density at radius 3 is 2.25 bits per heavy atom. The Morgan fingerprint density at radius 1 is 1.04 bits per heavy atom. The predicted molar refractivity (Wildman–Crippen MR) is 97.9 cm³/mol. The third-order valence-corrected chi connectivity index (χ3v) is 3.70. The van der Waals surface area contributed by atoms with E-state index in [-0.39, 0.29) is 5.91 Å². The van der Waals surface area contributed by atoms with E-state index in [1.54, 1.807) is 18.2 Å². The molecular weight excluding hydrogens is 374 g/mol. The van der Waals surface area contributed by atoms with E-state index < -0.39 is 0 Å². The molecule has 0 saturated heterocycles. The highest BCUT2D eigenvalue weighted by Crippen LogP contribution is 2.39. The number of nitrogens with one attached hydrogen (secondary N) is 1. The Balaban J connectivity index is 2.16. The number of carbonyl (C=O) groups is 1. The van der Waals surface area contributed by atoms with Gasteiger partial charge in [0.25, 0.3) is 0 Å². The Hall–Kier alpha value is -2.47. The topological polar surface area (TPSA) is 56.8 Å². The molecule has 0 unspecified atom stereocenters. The number of halogens is 1. The first-order chi connectivity index (χ1) is 11.6. The molecule has 0 aliphatic carbocycles. The minimum absolute atomic E-state index is 0.260. The highest BCUT2D eigenvalue weighted by Gasteiger charge is 2.13. The smallest absolute Gasteiger partial charge is 0.248 e. The number of benzene rings is 2. The molecule has 1 amide bonds. The summed E-state index contributed by atoms with van der Waals surface area (Å²) in [5.41, 5.74) is 1.47. The summed E-state index contributed by atoms with van der Waals surface area (Å²) in [6, 6.07) is 11.0. The van der Waals surface area contributed by atoms with E-state index in [1.807, 2.05) is 24.3 Å². The van der Waals surface area contributed by atoms with Crippen LogP contribution in [0.25, 0.3) is 6.08 Å². The van der Waals surface area contributed by atoms with Crippen molar-refractivity contribution in [1.82, 2.24) is 0 Å². The van der Waals surface area contributed by atoms with Gasteiger partial charge in [-0.1, -0.05) is 28.1 Å². The lowest BCUT2D eigenvalue weighted by atomic mass is 10.2. The predicted octanol–water partition coefficient (Wildman–Crippen LogP) is 4.13. The first-order valence-corrected chi connectivity index (χ1v) is 7.91. The van der Waals surface area contributed by atoms with Crippen molar-refractivity contribution in [2.45, 2.75) is 0 Å². The average molecular weight is 392 g/mol. The Bertz CT molecular complexity index is 733. The normalized spacial score (nSPS) is 10.5. The van der Waals surface area contributed by atoms with Gasteiger partial charge in [0.2, 0.25) is 11.7 Å². The lowest BCUT2D eigenvalue weighted by molar-refractivity contribution is -0.111. The molecule has 1 N–H and O–H groups in total. The maximum absolute atomic E-state index is 12.1. The van der Waals surface area contributed by atoms with Crippen LogP contribution in [0.3, 0.4) is 0 Å². The van der Waals surface area contributed by atoms with Crippen LogP contribution >= 0.6 is 15.9 Å². The summed E-state index contributed by atoms with van der Waals surface area (Å²) < 4.78 is 16.7. The average Bonchev–Trinajstić information content (AvgIpc) is 2.59. The van der Waals surface area contributed by atoms with E-state index in [1.165, 1.54) is 27.4 Å². The van der Waals surface area contributed by atoms with Gasteiger partial charge in [-0.3, -0.25) is 4.79 Å². The lowest BCUT2D eigenvalue weighted by Crippen LogP contribution is -2.08. The van der Waals surface area contributed by atoms with Crippen LogP contribution in [0.15, 0.2) is 46.9 Å². The lowest BCUT2D eigenvalue weighted by Gasteiger charge is -2.14. The van der Waals surface area contributed by atoms with Crippen molar-refractivity contribution < 1.29 is 19.0 Å². The van der Waals surface area contributed by atoms with Gasteiger partial charge in [0.15, 0.2) is 11.5 Å². The minimum atomic E-state index is -0.260. The summed E-state index contributed by atoms with van der Waals surface area (Å²) >= 11 is 3.39. The quantitative estimate of drug-likeness (QED) is 0.752. The van der Waals surface area contributed by atoms with Gasteiger partial charge in [0.05, 0.1) is 21.3 Å². The molecule has 0 atom stereocenters. The molecule has 0 aliphatic heterocycles. The van der Waals surface area contributed by atoms with Crippen LogP contribution < -0.4 is 19.5 Å². The van der Waals surface area contributed by atoms with Crippen molar-refractivity contribution >= 4 is 33.6 Å². The molecule has 0 fully saturated rings. The summed E-state index contributed by atoms with van der Waals surface area (Å²) in [6.07, 6.45) is 3.20. The van der Waals surface area contributed by atoms with Crippen LogP contribution in [0.1, 0.15) is 5.56 Å². The molecule has 0 aromatic heterocycles. The maximum Gasteiger partial charge on any atom is 0.248 e. The second-order valence-electron chi connectivity index (χ2n) is 4.79. The number of rotatable bonds is 6. The zero-order valence-electron chi connectivity index (χ0n) is 13.6. The first kappa shape index (κ1) is 17.9. The van der Waals surface area contributed by atoms with E-state index in [2.05, 4.69) is 21.2 Å². The third kappa shape index (κ3) is 4.52. The Labute approximate surface area is 149 Å². The third-order valence-electron chi connectivity index (χ3n) is 3.21. The minimum Gasteiger partial charge on any atom is -0.493 e. The van der Waals surface area contributed by atoms with Gasteiger partial charge in [-0.2, -0.15) is 0 Å². The number of anilines is 1. The first-order valence-electron chi connectivity index (χ1n) is 7.12. The molecule has 5 nitrogen and oxygen atoms in total. The van der Waals surface area contributed by atoms with Gasteiger partial charge >= 0.3 is 0 Å². The van der Waals surface area contributed by atoms with Gasteiger partial charge in [-0.25, -0.2) is 0 Å². The van der Waals surface area contributed by atoms with Crippen molar-refractivity contribution in [2.75, 3.05) is 26.6 Å². The second kappa shape index (κ2) is 8.40. The summed E-state index contributed by atoms with van der Waals surface area (Å²) in [5, 5.41) is 2.77. The SMILES string of the molecule is COc1cc(NC(=O)/C=C/c2cccc(Br)c2)cc(OC)c1OC. The summed E-state index contributed by atoms with van der Waals surface area (Å²) in [6.45, 7) is 0. The summed E-state index contributed by atoms with van der Waals surface area (Å²) in [7, 11) is 4.57. The molecule has 126 valence electrons. The molecule has 0 saturated carbocycles. The molecule has 6 heteroatoms. The van der Waals surface area contributed by atoms with Crippen molar-refractivity contribution in [3.05, 3.63) is 52.5 Å². The molecular formula is C18H18BrNO4. The highest BCUT2D eigenvalue weighted by atomic mass is 79.9. The van der Waals surface area contributed by atoms with Crippen LogP contribution in [0.5, 0.6) is 17.2 Å². The molecule has 0 heterocycles. The van der Waals surface area contributed by atoms with Crippen LogP contribution in [-0.4, -0.2) is 27.2 Å². The largest absolute Gasteiger partial charge is 0.493 e. The van der Waals surface area contributed by atoms with E-state index in [4.69, 9.17) is 14.2 Å². The zero-order chi connectivity index (χ0) is 17.5. The van der Waals surface area contributed by atoms with Gasteiger partial charge < -0.3 is 19.5 Å². The van der Waals surface area contributed by atoms with Crippen molar-refractivity contribution in [2.24, 2.45) is 0 Å². The van der Waals surface area contributed by atoms with Crippen LogP contribution in [0, 0.1) is 0 Å². The molecule has 0 radical (unpaired) electrons. The molecule has 2 aromatic rings. The van der Waals surface area contributed by atoms with Crippen molar-refractivity contribution in [3.63, 3.8) is 0 Å². The van der Waals surface area contributed by atoms with Crippen molar-refractivity contribution in [1.29, 1.82) is 0 Å². The number of hydrogen-bond donors (Lipinski definition) is 1. The fourth-order valence-electron chi connectivity index (χ4n) is 2.12. The van der Waals surface area contributed by atoms with Gasteiger partial charge in [0.1, 0.15) is 0 Å². The number of methoxy groups -OCH3 is 3. The van der Waals surface area contributed by atoms with Crippen molar-refractivity contribution in [3.8, 4) is 17.2 Å². The molecule has 0 aliphatic rings. The second-order valence-corrected chi connectivity index (χ2v) is 5.71. The number of ether oxygens (including phenoxy) is 3. The Morgan fingerprint density at radius 2 is 1.71 bits per heavy atom. The molecule has 24 heavy (non-hydrogen) atoms. The molecule has 0 bridgehead atoms. The number of carbonyl (C=O) groups excluding carboxylic acids is 1. The number of amides is 1. The van der Waals surface area contributed by atoms with E-state index >= 15 is 0 Å². The molecule has 0 spiro atoms. The van der Waals surface area contributed by atoms with Gasteiger partial charge in [-0.05, 0) is 23.8 Å². The fraction of sp³-hybridized carbons (Fsp3) is 0.167. The van der Waals surface area contributed by atoms with E-state index in [9.17, 15) is 4.79 Å². The van der Waals surface area contributed by atoms with Crippen LogP contribution in [-0.2, 0) is 4.79 Å². The highest BCUT2D eigenvalue weighted by molar-refractivity contribution is 9.10. The standard InChI is InChI=1S/C18H18BrNO4/c1-22-15-10-14(11-16(23-2)18(15)24-3)20-17(21)8-7-12-5-4-6-13(19)9-12/h4-11H,1-3H3,(H,20,21)/b8-7+. The monoisotopic (exact) mass is 391 g/mol. The van der Waals surface area contributed by atoms with E-state index in [0.29, 0.717) is 22.9 Å². The Kier molecular flexibility index (Phi) is 6.26. The van der Waals surface area contributed by atoms with Crippen LogP contribution in [0.4, 0.5) is 5.69 Å². The fourth-order valence-corrected chi connectivity index (χ4v) is 2.54. The maximum atomic E-state index is 12.1. The van der Waals surface area contributed by atoms with Gasteiger partial charge in [-0.15, -0.1) is 0 Å². The molecule has 2 rings (SSSR count). The van der Waals surface area contributed by atoms with Gasteiger partial charge in [0, 0.05) is 28.4 Å². The van der Waals surface area contributed by atoms with Crippen LogP contribution in [0.2, 0.25) is 0 Å².